The van der Waals surface area contributed by atoms with Crippen LogP contribution in [0.25, 0.3) is 11.0 Å². The summed E-state index contributed by atoms with van der Waals surface area (Å²) in [6.45, 7) is 6.10. The highest BCUT2D eigenvalue weighted by Gasteiger charge is 2.24. The Kier molecular flexibility index (Phi) is 6.94. The molecule has 0 bridgehead atoms. The van der Waals surface area contributed by atoms with Crippen molar-refractivity contribution in [1.29, 1.82) is 0 Å². The second kappa shape index (κ2) is 10.1. The van der Waals surface area contributed by atoms with E-state index >= 15 is 0 Å². The van der Waals surface area contributed by atoms with Gasteiger partial charge in [-0.05, 0) is 32.0 Å². The van der Waals surface area contributed by atoms with Gasteiger partial charge < -0.3 is 25.5 Å². The zero-order chi connectivity index (χ0) is 24.2. The number of carbonyl (C=O) groups excluding carboxylic acids is 2. The van der Waals surface area contributed by atoms with Crippen molar-refractivity contribution in [2.24, 2.45) is 11.5 Å². The number of primary amides is 1. The Balaban J connectivity index is 1.81. The van der Waals surface area contributed by atoms with E-state index in [1.807, 2.05) is 30.6 Å². The number of nitrogens with one attached hydrogen (secondary N) is 1. The lowest BCUT2D eigenvalue weighted by atomic mass is 10.1. The zero-order valence-corrected chi connectivity index (χ0v) is 19.3. The van der Waals surface area contributed by atoms with E-state index in [0.717, 1.165) is 12.1 Å². The van der Waals surface area contributed by atoms with Crippen LogP contribution in [0.15, 0.2) is 30.4 Å². The first-order chi connectivity index (χ1) is 16.4. The molecule has 11 heteroatoms. The molecule has 5 N–H and O–H groups in total. The van der Waals surface area contributed by atoms with E-state index in [-0.39, 0.29) is 17.6 Å². The molecule has 0 radical (unpaired) electrons. The standard InChI is InChI=1S/C23H29N7O4/c1-3-30-18(10-14(2)28-30)22(32)27-23-26-17-11-15(21(25)31)12-19(34-16-6-9-33-13-16)20(17)29(23)8-5-4-7-24/h4-5,10-12,16H,3,6-9,13,24H2,1-2H3,(H2,25,31)(H,26,27,32)/b5-4+/t16-/m0/s1. The number of imidazole rings is 1. The molecule has 2 aromatic heterocycles. The Morgan fingerprint density at radius 3 is 2.82 bits per heavy atom. The molecule has 0 unspecified atom stereocenters. The second-order valence-corrected chi connectivity index (χ2v) is 8.00. The summed E-state index contributed by atoms with van der Waals surface area (Å²) in [6.07, 6.45) is 4.26. The van der Waals surface area contributed by atoms with E-state index in [1.54, 1.807) is 22.9 Å². The SMILES string of the molecule is CCn1nc(C)cc1C(=O)Nc1nc2cc(C(N)=O)cc(O[C@H]3CCOC3)c2n1C/C=C/CN. The fourth-order valence-electron chi connectivity index (χ4n) is 3.93. The first-order valence-corrected chi connectivity index (χ1v) is 11.2. The van der Waals surface area contributed by atoms with Crippen molar-refractivity contribution in [3.63, 3.8) is 0 Å². The van der Waals surface area contributed by atoms with E-state index in [2.05, 4.69) is 15.4 Å². The van der Waals surface area contributed by atoms with Crippen molar-refractivity contribution in [1.82, 2.24) is 19.3 Å². The molecule has 3 heterocycles. The van der Waals surface area contributed by atoms with Gasteiger partial charge in [0.05, 0.1) is 24.4 Å². The van der Waals surface area contributed by atoms with Crippen molar-refractivity contribution >= 4 is 28.8 Å². The third kappa shape index (κ3) is 4.80. The third-order valence-electron chi connectivity index (χ3n) is 5.52. The molecule has 1 atom stereocenters. The highest BCUT2D eigenvalue weighted by atomic mass is 16.5. The summed E-state index contributed by atoms with van der Waals surface area (Å²) < 4.78 is 15.1. The van der Waals surface area contributed by atoms with Gasteiger partial charge in [0.15, 0.2) is 0 Å². The number of nitrogens with two attached hydrogens (primary N) is 2. The Bertz CT molecular complexity index is 1240. The van der Waals surface area contributed by atoms with Gasteiger partial charge in [-0.1, -0.05) is 12.2 Å². The summed E-state index contributed by atoms with van der Waals surface area (Å²) in [5.74, 6) is -0.189. The van der Waals surface area contributed by atoms with E-state index in [1.165, 1.54) is 0 Å². The second-order valence-electron chi connectivity index (χ2n) is 8.00. The molecule has 3 aromatic rings. The zero-order valence-electron chi connectivity index (χ0n) is 19.3. The number of fused-ring (bicyclic) bond motifs is 1. The molecule has 2 amide bonds. The van der Waals surface area contributed by atoms with E-state index < -0.39 is 5.91 Å². The molecule has 1 aliphatic heterocycles. The van der Waals surface area contributed by atoms with E-state index in [4.69, 9.17) is 20.9 Å². The van der Waals surface area contributed by atoms with Gasteiger partial charge in [-0.3, -0.25) is 19.6 Å². The Morgan fingerprint density at radius 1 is 1.32 bits per heavy atom. The van der Waals surface area contributed by atoms with Gasteiger partial charge in [-0.25, -0.2) is 4.98 Å². The smallest absolute Gasteiger partial charge is 0.276 e. The molecule has 1 saturated heterocycles. The molecular formula is C23H29N7O4. The maximum Gasteiger partial charge on any atom is 0.276 e. The van der Waals surface area contributed by atoms with Crippen molar-refractivity contribution in [2.45, 2.75) is 39.5 Å². The number of rotatable bonds is 9. The number of carbonyl (C=O) groups is 2. The van der Waals surface area contributed by atoms with Crippen LogP contribution in [0, 0.1) is 6.92 Å². The fourth-order valence-corrected chi connectivity index (χ4v) is 3.93. The minimum Gasteiger partial charge on any atom is -0.486 e. The van der Waals surface area contributed by atoms with E-state index in [9.17, 15) is 9.59 Å². The quantitative estimate of drug-likeness (QED) is 0.404. The Labute approximate surface area is 196 Å². The number of anilines is 1. The van der Waals surface area contributed by atoms with Gasteiger partial charge in [0, 0.05) is 31.6 Å². The molecule has 4 rings (SSSR count). The number of aryl methyl sites for hydroxylation is 2. The van der Waals surface area contributed by atoms with Crippen LogP contribution in [0.3, 0.4) is 0 Å². The lowest BCUT2D eigenvalue weighted by Crippen LogP contribution is -2.20. The van der Waals surface area contributed by atoms with Crippen molar-refractivity contribution in [3.8, 4) is 5.75 Å². The Morgan fingerprint density at radius 2 is 2.15 bits per heavy atom. The molecular weight excluding hydrogens is 438 g/mol. The molecule has 180 valence electrons. The lowest BCUT2D eigenvalue weighted by molar-refractivity contribution is 0.0995. The lowest BCUT2D eigenvalue weighted by Gasteiger charge is -2.16. The summed E-state index contributed by atoms with van der Waals surface area (Å²) in [6, 6.07) is 4.92. The van der Waals surface area contributed by atoms with Crippen LogP contribution < -0.4 is 21.5 Å². The summed E-state index contributed by atoms with van der Waals surface area (Å²) >= 11 is 0. The Hall–Kier alpha value is -3.70. The number of allylic oxidation sites excluding steroid dienone is 1. The monoisotopic (exact) mass is 467 g/mol. The van der Waals surface area contributed by atoms with Crippen LogP contribution in [0.4, 0.5) is 5.95 Å². The normalized spacial score (nSPS) is 15.9. The molecule has 1 aromatic carbocycles. The van der Waals surface area contributed by atoms with Gasteiger partial charge >= 0.3 is 0 Å². The molecule has 0 aliphatic carbocycles. The maximum absolute atomic E-state index is 13.1. The minimum atomic E-state index is -0.597. The molecule has 1 fully saturated rings. The minimum absolute atomic E-state index is 0.158. The number of hydrogen-bond donors (Lipinski definition) is 3. The number of aromatic nitrogens is 4. The van der Waals surface area contributed by atoms with Gasteiger partial charge in [-0.15, -0.1) is 0 Å². The highest BCUT2D eigenvalue weighted by molar-refractivity contribution is 6.04. The van der Waals surface area contributed by atoms with Gasteiger partial charge in [-0.2, -0.15) is 5.10 Å². The fraction of sp³-hybridized carbons (Fsp3) is 0.391. The average molecular weight is 468 g/mol. The number of benzene rings is 1. The average Bonchev–Trinajstić information content (AvgIpc) is 3.53. The summed E-state index contributed by atoms with van der Waals surface area (Å²) in [5.41, 5.74) is 13.7. The topological polar surface area (TPSA) is 152 Å². The van der Waals surface area contributed by atoms with E-state index in [0.29, 0.717) is 61.3 Å². The molecule has 34 heavy (non-hydrogen) atoms. The van der Waals surface area contributed by atoms with Crippen LogP contribution in [-0.2, 0) is 17.8 Å². The predicted octanol–water partition coefficient (Wildman–Crippen LogP) is 1.59. The summed E-state index contributed by atoms with van der Waals surface area (Å²) in [4.78, 5) is 29.7. The van der Waals surface area contributed by atoms with Crippen LogP contribution in [-0.4, -0.2) is 57.0 Å². The molecule has 0 saturated carbocycles. The van der Waals surface area contributed by atoms with Crippen LogP contribution in [0.1, 0.15) is 39.9 Å². The number of hydrogen-bond acceptors (Lipinski definition) is 7. The van der Waals surface area contributed by atoms with Crippen LogP contribution in [0.5, 0.6) is 5.75 Å². The number of amides is 2. The summed E-state index contributed by atoms with van der Waals surface area (Å²) in [5, 5.41) is 7.23. The van der Waals surface area contributed by atoms with Crippen molar-refractivity contribution in [3.05, 3.63) is 47.3 Å². The first kappa shape index (κ1) is 23.5. The molecule has 1 aliphatic rings. The van der Waals surface area contributed by atoms with Gasteiger partial charge in [0.2, 0.25) is 11.9 Å². The van der Waals surface area contributed by atoms with Crippen molar-refractivity contribution < 1.29 is 19.1 Å². The van der Waals surface area contributed by atoms with Gasteiger partial charge in [0.25, 0.3) is 5.91 Å². The van der Waals surface area contributed by atoms with Crippen molar-refractivity contribution in [2.75, 3.05) is 25.1 Å². The number of nitrogens with zero attached hydrogens (tertiary/aromatic N) is 4. The first-order valence-electron chi connectivity index (χ1n) is 11.2. The largest absolute Gasteiger partial charge is 0.486 e. The van der Waals surface area contributed by atoms with Gasteiger partial charge in [0.1, 0.15) is 23.1 Å². The van der Waals surface area contributed by atoms with Crippen LogP contribution >= 0.6 is 0 Å². The number of ether oxygens (including phenoxy) is 2. The third-order valence-corrected chi connectivity index (χ3v) is 5.52. The maximum atomic E-state index is 13.1. The van der Waals surface area contributed by atoms with Crippen LogP contribution in [0.2, 0.25) is 0 Å². The molecule has 11 nitrogen and oxygen atoms in total. The summed E-state index contributed by atoms with van der Waals surface area (Å²) in [7, 11) is 0. The predicted molar refractivity (Wildman–Crippen MR) is 127 cm³/mol. The highest BCUT2D eigenvalue weighted by Crippen LogP contribution is 2.32. The molecule has 0 spiro atoms.